The minimum atomic E-state index is 0.361. The van der Waals surface area contributed by atoms with Crippen molar-refractivity contribution in [3.05, 3.63) is 0 Å². The van der Waals surface area contributed by atoms with Crippen LogP contribution in [0.15, 0.2) is 0 Å². The predicted molar refractivity (Wildman–Crippen MR) is 63.3 cm³/mol. The summed E-state index contributed by atoms with van der Waals surface area (Å²) >= 11 is 0. The first-order chi connectivity index (χ1) is 7.09. The van der Waals surface area contributed by atoms with Crippen LogP contribution in [-0.4, -0.2) is 47.4 Å². The highest BCUT2D eigenvalue weighted by Crippen LogP contribution is 2.25. The highest BCUT2D eigenvalue weighted by atomic mass is 15.3. The Bertz CT molecular complexity index is 249. The topological polar surface area (TPSA) is 30.3 Å². The number of hydrogen-bond donors (Lipinski definition) is 1. The molecule has 15 heavy (non-hydrogen) atoms. The quantitative estimate of drug-likeness (QED) is 0.527. The number of nitrogens with one attached hydrogen (secondary N) is 1. The lowest BCUT2D eigenvalue weighted by Gasteiger charge is -2.44. The number of nitrogens with zero attached hydrogens (tertiary/aromatic N) is 2. The molecule has 0 bridgehead atoms. The molecule has 1 N–H and O–H groups in total. The summed E-state index contributed by atoms with van der Waals surface area (Å²) in [6, 6.07) is 1.24. The van der Waals surface area contributed by atoms with Gasteiger partial charge >= 0.3 is 0 Å². The number of fused-ring (bicyclic) bond motifs is 1. The third kappa shape index (κ3) is 2.03. The molecule has 0 aromatic carbocycles. The highest BCUT2D eigenvalue weighted by molar-refractivity contribution is 5.81. The molecular weight excluding hydrogens is 186 g/mol. The molecule has 0 aromatic rings. The van der Waals surface area contributed by atoms with E-state index >= 15 is 0 Å². The predicted octanol–water partition coefficient (Wildman–Crippen LogP) is 1.79. The molecule has 0 saturated carbocycles. The number of hydrogen-bond acceptors (Lipinski definition) is 2. The summed E-state index contributed by atoms with van der Waals surface area (Å²) in [4.78, 5) is 4.92. The van der Waals surface area contributed by atoms with E-state index in [0.29, 0.717) is 12.0 Å². The molecule has 0 radical (unpaired) electrons. The van der Waals surface area contributed by atoms with Gasteiger partial charge in [0.15, 0.2) is 0 Å². The summed E-state index contributed by atoms with van der Waals surface area (Å²) in [5.41, 5.74) is 0. The second-order valence-corrected chi connectivity index (χ2v) is 5.33. The van der Waals surface area contributed by atoms with Crippen molar-refractivity contribution < 1.29 is 0 Å². The molecule has 3 nitrogen and oxygen atoms in total. The minimum absolute atomic E-state index is 0.361. The first kappa shape index (κ1) is 10.9. The van der Waals surface area contributed by atoms with Gasteiger partial charge in [0.2, 0.25) is 0 Å². The fourth-order valence-electron chi connectivity index (χ4n) is 2.85. The summed E-state index contributed by atoms with van der Waals surface area (Å²) in [6.45, 7) is 10.0. The van der Waals surface area contributed by atoms with Gasteiger partial charge in [-0.3, -0.25) is 10.3 Å². The van der Waals surface area contributed by atoms with Crippen LogP contribution in [0.1, 0.15) is 33.6 Å². The lowest BCUT2D eigenvalue weighted by molar-refractivity contribution is 0.105. The van der Waals surface area contributed by atoms with E-state index in [-0.39, 0.29) is 0 Å². The standard InChI is InChI=1S/C12H23N3/c1-9(2)12(13)15-8-11-5-4-6-14(11)7-10(15)3/h9-11,13H,4-8H2,1-3H3. The van der Waals surface area contributed by atoms with Crippen LogP contribution in [0.5, 0.6) is 0 Å². The maximum Gasteiger partial charge on any atom is 0.0987 e. The second kappa shape index (κ2) is 4.12. The molecule has 2 aliphatic rings. The average Bonchev–Trinajstić information content (AvgIpc) is 2.62. The van der Waals surface area contributed by atoms with Crippen LogP contribution in [-0.2, 0) is 0 Å². The van der Waals surface area contributed by atoms with Gasteiger partial charge in [0.05, 0.1) is 5.84 Å². The van der Waals surface area contributed by atoms with Crippen molar-refractivity contribution in [2.75, 3.05) is 19.6 Å². The Morgan fingerprint density at radius 2 is 2.07 bits per heavy atom. The summed E-state index contributed by atoms with van der Waals surface area (Å²) in [5, 5.41) is 8.13. The van der Waals surface area contributed by atoms with Crippen LogP contribution >= 0.6 is 0 Å². The van der Waals surface area contributed by atoms with E-state index in [1.54, 1.807) is 0 Å². The fraction of sp³-hybridized carbons (Fsp3) is 0.917. The van der Waals surface area contributed by atoms with E-state index in [1.165, 1.54) is 19.4 Å². The monoisotopic (exact) mass is 209 g/mol. The molecule has 0 aliphatic carbocycles. The molecule has 2 rings (SSSR count). The Hall–Kier alpha value is -0.570. The van der Waals surface area contributed by atoms with Crippen molar-refractivity contribution >= 4 is 5.84 Å². The second-order valence-electron chi connectivity index (χ2n) is 5.33. The number of amidine groups is 1. The highest BCUT2D eigenvalue weighted by Gasteiger charge is 2.35. The lowest BCUT2D eigenvalue weighted by Crippen LogP contribution is -2.57. The van der Waals surface area contributed by atoms with Gasteiger partial charge in [-0.15, -0.1) is 0 Å². The van der Waals surface area contributed by atoms with E-state index in [4.69, 9.17) is 5.41 Å². The van der Waals surface area contributed by atoms with E-state index < -0.39 is 0 Å². The number of piperazine rings is 1. The minimum Gasteiger partial charge on any atom is -0.355 e. The smallest absolute Gasteiger partial charge is 0.0987 e. The third-order valence-electron chi connectivity index (χ3n) is 3.79. The number of rotatable bonds is 1. The van der Waals surface area contributed by atoms with Crippen LogP contribution in [0, 0.1) is 11.3 Å². The van der Waals surface area contributed by atoms with Crippen LogP contribution in [0.4, 0.5) is 0 Å². The third-order valence-corrected chi connectivity index (χ3v) is 3.79. The normalized spacial score (nSPS) is 32.1. The molecular formula is C12H23N3. The largest absolute Gasteiger partial charge is 0.355 e. The van der Waals surface area contributed by atoms with Crippen LogP contribution in [0.3, 0.4) is 0 Å². The van der Waals surface area contributed by atoms with E-state index in [1.807, 2.05) is 0 Å². The van der Waals surface area contributed by atoms with Gasteiger partial charge in [-0.2, -0.15) is 0 Å². The van der Waals surface area contributed by atoms with Crippen molar-refractivity contribution in [1.82, 2.24) is 9.80 Å². The zero-order chi connectivity index (χ0) is 11.0. The zero-order valence-electron chi connectivity index (χ0n) is 10.2. The molecule has 2 heterocycles. The average molecular weight is 209 g/mol. The summed E-state index contributed by atoms with van der Waals surface area (Å²) in [6.07, 6.45) is 2.68. The van der Waals surface area contributed by atoms with Gasteiger partial charge in [0.25, 0.3) is 0 Å². The summed E-state index contributed by atoms with van der Waals surface area (Å²) in [7, 11) is 0. The van der Waals surface area contributed by atoms with E-state index in [9.17, 15) is 0 Å². The van der Waals surface area contributed by atoms with Crippen molar-refractivity contribution in [3.63, 3.8) is 0 Å². The molecule has 3 heteroatoms. The van der Waals surface area contributed by atoms with Crippen molar-refractivity contribution in [1.29, 1.82) is 5.41 Å². The Balaban J connectivity index is 2.04. The Morgan fingerprint density at radius 3 is 2.73 bits per heavy atom. The molecule has 86 valence electrons. The first-order valence-corrected chi connectivity index (χ1v) is 6.18. The Morgan fingerprint density at radius 1 is 1.33 bits per heavy atom. The van der Waals surface area contributed by atoms with Gasteiger partial charge < -0.3 is 4.90 Å². The first-order valence-electron chi connectivity index (χ1n) is 6.18. The molecule has 2 aliphatic heterocycles. The van der Waals surface area contributed by atoms with Crippen LogP contribution in [0.2, 0.25) is 0 Å². The van der Waals surface area contributed by atoms with E-state index in [0.717, 1.165) is 25.0 Å². The lowest BCUT2D eigenvalue weighted by atomic mass is 10.0. The Labute approximate surface area is 92.9 Å². The molecule has 2 saturated heterocycles. The van der Waals surface area contributed by atoms with Crippen molar-refractivity contribution in [3.8, 4) is 0 Å². The molecule has 0 amide bonds. The zero-order valence-corrected chi connectivity index (χ0v) is 10.2. The molecule has 2 fully saturated rings. The maximum absolute atomic E-state index is 8.13. The summed E-state index contributed by atoms with van der Waals surface area (Å²) < 4.78 is 0. The van der Waals surface area contributed by atoms with Crippen LogP contribution in [0.25, 0.3) is 0 Å². The fourth-order valence-corrected chi connectivity index (χ4v) is 2.85. The van der Waals surface area contributed by atoms with Gasteiger partial charge in [-0.1, -0.05) is 13.8 Å². The Kier molecular flexibility index (Phi) is 3.01. The SMILES string of the molecule is CC(C)C(=N)N1CC2CCCN2CC1C. The molecule has 0 spiro atoms. The van der Waals surface area contributed by atoms with Gasteiger partial charge in [-0.05, 0) is 26.3 Å². The molecule has 0 aromatic heterocycles. The van der Waals surface area contributed by atoms with Crippen LogP contribution < -0.4 is 0 Å². The van der Waals surface area contributed by atoms with Gasteiger partial charge in [0.1, 0.15) is 0 Å². The van der Waals surface area contributed by atoms with E-state index in [2.05, 4.69) is 30.6 Å². The maximum atomic E-state index is 8.13. The van der Waals surface area contributed by atoms with Gasteiger partial charge in [0, 0.05) is 31.1 Å². The van der Waals surface area contributed by atoms with Crippen molar-refractivity contribution in [2.24, 2.45) is 5.92 Å². The molecule has 2 atom stereocenters. The van der Waals surface area contributed by atoms with Gasteiger partial charge in [-0.25, -0.2) is 0 Å². The summed E-state index contributed by atoms with van der Waals surface area (Å²) in [5.74, 6) is 1.19. The molecule has 2 unspecified atom stereocenters. The van der Waals surface area contributed by atoms with Crippen molar-refractivity contribution in [2.45, 2.75) is 45.7 Å².